The Bertz CT molecular complexity index is 301. The first-order valence-corrected chi connectivity index (χ1v) is 12.4. The fourth-order valence-corrected chi connectivity index (χ4v) is 3.95. The number of carboxylic acid groups (broad SMARTS) is 1. The Morgan fingerprint density at radius 3 is 1.30 bits per heavy atom. The van der Waals surface area contributed by atoms with E-state index >= 15 is 0 Å². The Labute approximate surface area is 170 Å². The summed E-state index contributed by atoms with van der Waals surface area (Å²) in [5.41, 5.74) is 0. The van der Waals surface area contributed by atoms with E-state index < -0.39 is 5.97 Å². The van der Waals surface area contributed by atoms with E-state index in [0.29, 0.717) is 6.42 Å². The molecule has 0 aliphatic carbocycles. The van der Waals surface area contributed by atoms with Crippen LogP contribution < -0.4 is 0 Å². The van der Waals surface area contributed by atoms with Gasteiger partial charge in [0.2, 0.25) is 0 Å². The van der Waals surface area contributed by atoms with E-state index in [0.717, 1.165) is 18.8 Å². The van der Waals surface area contributed by atoms with Crippen molar-refractivity contribution >= 4 is 5.97 Å². The van der Waals surface area contributed by atoms with E-state index in [1.165, 1.54) is 116 Å². The molecule has 0 rings (SSSR count). The van der Waals surface area contributed by atoms with Crippen molar-refractivity contribution in [3.63, 3.8) is 0 Å². The third kappa shape index (κ3) is 23.4. The summed E-state index contributed by atoms with van der Waals surface area (Å²) in [7, 11) is 0. The smallest absolute Gasteiger partial charge is 0.303 e. The molecule has 0 heterocycles. The van der Waals surface area contributed by atoms with Crippen molar-refractivity contribution in [3.8, 4) is 0 Å². The molecule has 0 radical (unpaired) electrons. The van der Waals surface area contributed by atoms with Crippen LogP contribution in [0.4, 0.5) is 0 Å². The summed E-state index contributed by atoms with van der Waals surface area (Å²) < 4.78 is 0. The Morgan fingerprint density at radius 1 is 0.593 bits per heavy atom. The van der Waals surface area contributed by atoms with Crippen LogP contribution in [0.3, 0.4) is 0 Å². The van der Waals surface area contributed by atoms with Crippen LogP contribution in [0.2, 0.25) is 0 Å². The van der Waals surface area contributed by atoms with E-state index in [2.05, 4.69) is 13.8 Å². The monoisotopic (exact) mass is 382 g/mol. The highest BCUT2D eigenvalue weighted by atomic mass is 16.4. The van der Waals surface area contributed by atoms with Gasteiger partial charge in [-0.05, 0) is 12.3 Å². The van der Waals surface area contributed by atoms with Crippen molar-refractivity contribution in [2.45, 2.75) is 149 Å². The van der Waals surface area contributed by atoms with Crippen LogP contribution in [0, 0.1) is 5.92 Å². The minimum Gasteiger partial charge on any atom is -0.481 e. The lowest BCUT2D eigenvalue weighted by atomic mass is 9.95. The molecule has 1 unspecified atom stereocenters. The minimum absolute atomic E-state index is 0.344. The second-order valence-corrected chi connectivity index (χ2v) is 8.84. The van der Waals surface area contributed by atoms with Gasteiger partial charge in [0.1, 0.15) is 0 Å². The quantitative estimate of drug-likeness (QED) is 0.190. The molecule has 0 saturated carbocycles. The number of rotatable bonds is 22. The molecule has 0 aromatic carbocycles. The van der Waals surface area contributed by atoms with Gasteiger partial charge in [0, 0.05) is 6.42 Å². The standard InChI is InChI=1S/C25H50O2/c1-3-4-5-6-7-8-9-12-15-18-21-24(2)22-19-16-13-10-11-14-17-20-23-25(26)27/h24H,3-23H2,1-2H3,(H,26,27). The number of unbranched alkanes of at least 4 members (excludes halogenated alkanes) is 16. The molecule has 0 bridgehead atoms. The summed E-state index contributed by atoms with van der Waals surface area (Å²) in [4.78, 5) is 10.4. The number of carboxylic acids is 1. The van der Waals surface area contributed by atoms with E-state index in [1.54, 1.807) is 0 Å². The van der Waals surface area contributed by atoms with Crippen LogP contribution in [-0.2, 0) is 4.79 Å². The molecule has 0 aliphatic rings. The second kappa shape index (κ2) is 21.8. The lowest BCUT2D eigenvalue weighted by molar-refractivity contribution is -0.137. The minimum atomic E-state index is -0.651. The fourth-order valence-electron chi connectivity index (χ4n) is 3.95. The summed E-state index contributed by atoms with van der Waals surface area (Å²) in [6.07, 6.45) is 27.5. The summed E-state index contributed by atoms with van der Waals surface area (Å²) in [5.74, 6) is 0.261. The van der Waals surface area contributed by atoms with E-state index in [9.17, 15) is 4.79 Å². The molecule has 1 N–H and O–H groups in total. The highest BCUT2D eigenvalue weighted by Gasteiger charge is 2.02. The molecule has 1 atom stereocenters. The van der Waals surface area contributed by atoms with Gasteiger partial charge in [0.25, 0.3) is 0 Å². The molecule has 0 aliphatic heterocycles. The highest BCUT2D eigenvalue weighted by molar-refractivity contribution is 5.66. The molecule has 27 heavy (non-hydrogen) atoms. The molecular weight excluding hydrogens is 332 g/mol. The second-order valence-electron chi connectivity index (χ2n) is 8.84. The van der Waals surface area contributed by atoms with Gasteiger partial charge < -0.3 is 5.11 Å². The van der Waals surface area contributed by atoms with Gasteiger partial charge in [-0.3, -0.25) is 4.79 Å². The largest absolute Gasteiger partial charge is 0.481 e. The van der Waals surface area contributed by atoms with Crippen LogP contribution in [0.25, 0.3) is 0 Å². The molecule has 2 heteroatoms. The van der Waals surface area contributed by atoms with Crippen molar-refractivity contribution in [1.29, 1.82) is 0 Å². The zero-order valence-electron chi connectivity index (χ0n) is 18.8. The zero-order chi connectivity index (χ0) is 20.0. The topological polar surface area (TPSA) is 37.3 Å². The van der Waals surface area contributed by atoms with Gasteiger partial charge in [-0.2, -0.15) is 0 Å². The van der Waals surface area contributed by atoms with Gasteiger partial charge in [-0.1, -0.05) is 136 Å². The maximum atomic E-state index is 10.4. The SMILES string of the molecule is CCCCCCCCCCCCC(C)CCCCCCCCCCC(=O)O. The molecule has 162 valence electrons. The predicted octanol–water partition coefficient (Wildman–Crippen LogP) is 8.92. The maximum Gasteiger partial charge on any atom is 0.303 e. The lowest BCUT2D eigenvalue weighted by Crippen LogP contribution is -1.95. The zero-order valence-corrected chi connectivity index (χ0v) is 18.8. The van der Waals surface area contributed by atoms with Gasteiger partial charge in [-0.25, -0.2) is 0 Å². The van der Waals surface area contributed by atoms with Gasteiger partial charge in [-0.15, -0.1) is 0 Å². The van der Waals surface area contributed by atoms with E-state index in [1.807, 2.05) is 0 Å². The Balaban J connectivity index is 3.15. The first kappa shape index (κ1) is 26.5. The molecule has 0 fully saturated rings. The molecular formula is C25H50O2. The van der Waals surface area contributed by atoms with Crippen LogP contribution in [0.5, 0.6) is 0 Å². The van der Waals surface area contributed by atoms with Gasteiger partial charge in [0.05, 0.1) is 0 Å². The molecule has 0 aromatic rings. The lowest BCUT2D eigenvalue weighted by Gasteiger charge is -2.11. The van der Waals surface area contributed by atoms with Crippen molar-refractivity contribution in [2.24, 2.45) is 5.92 Å². The van der Waals surface area contributed by atoms with Crippen LogP contribution in [0.1, 0.15) is 149 Å². The van der Waals surface area contributed by atoms with Gasteiger partial charge in [0.15, 0.2) is 0 Å². The third-order valence-electron chi connectivity index (χ3n) is 5.89. The molecule has 0 aromatic heterocycles. The van der Waals surface area contributed by atoms with Crippen LogP contribution in [0.15, 0.2) is 0 Å². The van der Waals surface area contributed by atoms with Gasteiger partial charge >= 0.3 is 5.97 Å². The summed E-state index contributed by atoms with van der Waals surface area (Å²) in [6.45, 7) is 4.73. The Morgan fingerprint density at radius 2 is 0.926 bits per heavy atom. The number of carbonyl (C=O) groups is 1. The average molecular weight is 383 g/mol. The third-order valence-corrected chi connectivity index (χ3v) is 5.89. The molecule has 0 saturated heterocycles. The molecule has 0 amide bonds. The molecule has 2 nitrogen and oxygen atoms in total. The number of hydrogen-bond acceptors (Lipinski definition) is 1. The Kier molecular flexibility index (Phi) is 21.3. The fraction of sp³-hybridized carbons (Fsp3) is 0.960. The first-order valence-electron chi connectivity index (χ1n) is 12.4. The van der Waals surface area contributed by atoms with E-state index in [-0.39, 0.29) is 0 Å². The summed E-state index contributed by atoms with van der Waals surface area (Å²) >= 11 is 0. The molecule has 0 spiro atoms. The first-order chi connectivity index (χ1) is 13.2. The number of aliphatic carboxylic acids is 1. The predicted molar refractivity (Wildman–Crippen MR) is 119 cm³/mol. The highest BCUT2D eigenvalue weighted by Crippen LogP contribution is 2.19. The Hall–Kier alpha value is -0.530. The van der Waals surface area contributed by atoms with Crippen LogP contribution in [-0.4, -0.2) is 11.1 Å². The normalized spacial score (nSPS) is 12.4. The van der Waals surface area contributed by atoms with Crippen molar-refractivity contribution < 1.29 is 9.90 Å². The van der Waals surface area contributed by atoms with Crippen LogP contribution >= 0.6 is 0 Å². The van der Waals surface area contributed by atoms with Crippen molar-refractivity contribution in [1.82, 2.24) is 0 Å². The van der Waals surface area contributed by atoms with E-state index in [4.69, 9.17) is 5.11 Å². The summed E-state index contributed by atoms with van der Waals surface area (Å²) in [5, 5.41) is 8.59. The van der Waals surface area contributed by atoms with Crippen molar-refractivity contribution in [3.05, 3.63) is 0 Å². The maximum absolute atomic E-state index is 10.4. The average Bonchev–Trinajstić information content (AvgIpc) is 2.64. The number of hydrogen-bond donors (Lipinski definition) is 1. The van der Waals surface area contributed by atoms with Crippen molar-refractivity contribution in [2.75, 3.05) is 0 Å². The summed E-state index contributed by atoms with van der Waals surface area (Å²) in [6, 6.07) is 0.